The highest BCUT2D eigenvalue weighted by molar-refractivity contribution is 7.18. The maximum absolute atomic E-state index is 12.8. The molecule has 0 bridgehead atoms. The van der Waals surface area contributed by atoms with Gasteiger partial charge in [0.15, 0.2) is 0 Å². The molecule has 158 valence electrons. The number of hydrogen-bond donors (Lipinski definition) is 1. The Kier molecular flexibility index (Phi) is 5.25. The molecule has 1 N–H and O–H groups in total. The van der Waals surface area contributed by atoms with Gasteiger partial charge in [-0.3, -0.25) is 9.69 Å². The van der Waals surface area contributed by atoms with Crippen molar-refractivity contribution < 1.29 is 4.74 Å². The summed E-state index contributed by atoms with van der Waals surface area (Å²) in [6, 6.07) is 8.24. The molecule has 3 aromatic rings. The lowest BCUT2D eigenvalue weighted by Gasteiger charge is -2.35. The molecule has 1 atom stereocenters. The van der Waals surface area contributed by atoms with Gasteiger partial charge in [0, 0.05) is 36.7 Å². The molecule has 6 nitrogen and oxygen atoms in total. The molecular formula is C23H28N4O2S. The van der Waals surface area contributed by atoms with Crippen LogP contribution < -0.4 is 15.2 Å². The van der Waals surface area contributed by atoms with Crippen molar-refractivity contribution in [2.24, 2.45) is 5.92 Å². The third-order valence-electron chi connectivity index (χ3n) is 6.40. The number of fused-ring (bicyclic) bond motifs is 3. The Hall–Kier alpha value is -2.38. The molecule has 1 aliphatic carbocycles. The van der Waals surface area contributed by atoms with E-state index in [0.717, 1.165) is 60.8 Å². The minimum atomic E-state index is 0.0407. The summed E-state index contributed by atoms with van der Waals surface area (Å²) in [6.45, 7) is 6.81. The van der Waals surface area contributed by atoms with Gasteiger partial charge in [0.05, 0.1) is 19.0 Å². The zero-order chi connectivity index (χ0) is 20.7. The van der Waals surface area contributed by atoms with E-state index in [4.69, 9.17) is 9.72 Å². The van der Waals surface area contributed by atoms with Crippen LogP contribution >= 0.6 is 11.3 Å². The van der Waals surface area contributed by atoms with Crippen molar-refractivity contribution in [1.82, 2.24) is 14.9 Å². The molecule has 2 aliphatic rings. The quantitative estimate of drug-likeness (QED) is 0.695. The number of H-pyrrole nitrogens is 1. The first-order valence-corrected chi connectivity index (χ1v) is 11.6. The standard InChI is InChI=1S/C23H28N4O2S/c1-15-3-8-18-19(13-15)30-23-21(18)22(28)24-20(25-23)14-26-9-11-27(12-10-26)16-4-6-17(29-2)7-5-16/h4-7,15H,3,8-14H2,1-2H3,(H,24,25,28)/t15-/m0/s1. The third-order valence-corrected chi connectivity index (χ3v) is 7.55. The molecule has 2 aromatic heterocycles. The number of rotatable bonds is 4. The van der Waals surface area contributed by atoms with E-state index in [0.29, 0.717) is 12.5 Å². The molecule has 0 spiro atoms. The van der Waals surface area contributed by atoms with E-state index in [1.165, 1.54) is 22.5 Å². The Bertz CT molecular complexity index is 1100. The Morgan fingerprint density at radius 2 is 1.97 bits per heavy atom. The fourth-order valence-corrected chi connectivity index (χ4v) is 6.04. The van der Waals surface area contributed by atoms with Crippen molar-refractivity contribution in [3.8, 4) is 5.75 Å². The second-order valence-electron chi connectivity index (χ2n) is 8.51. The van der Waals surface area contributed by atoms with E-state index < -0.39 is 0 Å². The van der Waals surface area contributed by atoms with E-state index in [2.05, 4.69) is 33.8 Å². The number of thiophene rings is 1. The number of methoxy groups -OCH3 is 1. The highest BCUT2D eigenvalue weighted by atomic mass is 32.1. The number of ether oxygens (including phenoxy) is 1. The Balaban J connectivity index is 1.28. The van der Waals surface area contributed by atoms with Gasteiger partial charge in [0.2, 0.25) is 0 Å². The lowest BCUT2D eigenvalue weighted by molar-refractivity contribution is 0.244. The number of hydrogen-bond acceptors (Lipinski definition) is 6. The predicted octanol–water partition coefficient (Wildman–Crippen LogP) is 3.44. The smallest absolute Gasteiger partial charge is 0.259 e. The van der Waals surface area contributed by atoms with Gasteiger partial charge >= 0.3 is 0 Å². The molecule has 0 unspecified atom stereocenters. The van der Waals surface area contributed by atoms with Gasteiger partial charge in [-0.05, 0) is 55.0 Å². The van der Waals surface area contributed by atoms with Crippen LogP contribution in [0, 0.1) is 5.92 Å². The maximum atomic E-state index is 12.8. The summed E-state index contributed by atoms with van der Waals surface area (Å²) in [5.41, 5.74) is 2.52. The average Bonchev–Trinajstić information content (AvgIpc) is 3.12. The molecular weight excluding hydrogens is 396 g/mol. The molecule has 1 fully saturated rings. The van der Waals surface area contributed by atoms with Crippen LogP contribution in [0.4, 0.5) is 5.69 Å². The number of nitrogens with zero attached hydrogens (tertiary/aromatic N) is 3. The normalized spacial score (nSPS) is 19.8. The molecule has 5 rings (SSSR count). The maximum Gasteiger partial charge on any atom is 0.259 e. The van der Waals surface area contributed by atoms with Crippen LogP contribution in [0.15, 0.2) is 29.1 Å². The fraction of sp³-hybridized carbons (Fsp3) is 0.478. The molecule has 1 aliphatic heterocycles. The summed E-state index contributed by atoms with van der Waals surface area (Å²) in [5.74, 6) is 2.37. The Labute approximate surface area is 180 Å². The molecule has 0 amide bonds. The van der Waals surface area contributed by atoms with E-state index in [1.807, 2.05) is 12.1 Å². The first kappa shape index (κ1) is 19.6. The summed E-state index contributed by atoms with van der Waals surface area (Å²) in [7, 11) is 1.69. The largest absolute Gasteiger partial charge is 0.497 e. The molecule has 7 heteroatoms. The minimum absolute atomic E-state index is 0.0407. The second kappa shape index (κ2) is 8.04. The zero-order valence-corrected chi connectivity index (χ0v) is 18.4. The van der Waals surface area contributed by atoms with Gasteiger partial charge in [-0.15, -0.1) is 11.3 Å². The van der Waals surface area contributed by atoms with Crippen LogP contribution in [0.25, 0.3) is 10.2 Å². The summed E-state index contributed by atoms with van der Waals surface area (Å²) in [5, 5.41) is 0.843. The number of nitrogens with one attached hydrogen (secondary N) is 1. The van der Waals surface area contributed by atoms with Gasteiger partial charge in [0.25, 0.3) is 5.56 Å². The molecule has 0 radical (unpaired) electrons. The minimum Gasteiger partial charge on any atom is -0.497 e. The number of aryl methyl sites for hydroxylation is 1. The second-order valence-corrected chi connectivity index (χ2v) is 9.59. The van der Waals surface area contributed by atoms with E-state index in [1.54, 1.807) is 18.4 Å². The fourth-order valence-electron chi connectivity index (χ4n) is 4.64. The molecule has 0 saturated carbocycles. The highest BCUT2D eigenvalue weighted by Gasteiger charge is 2.24. The Morgan fingerprint density at radius 1 is 1.20 bits per heavy atom. The van der Waals surface area contributed by atoms with Crippen molar-refractivity contribution in [1.29, 1.82) is 0 Å². The Morgan fingerprint density at radius 3 is 2.70 bits per heavy atom. The third kappa shape index (κ3) is 3.72. The van der Waals surface area contributed by atoms with Gasteiger partial charge < -0.3 is 14.6 Å². The van der Waals surface area contributed by atoms with E-state index >= 15 is 0 Å². The first-order valence-electron chi connectivity index (χ1n) is 10.8. The molecule has 1 saturated heterocycles. The highest BCUT2D eigenvalue weighted by Crippen LogP contribution is 2.35. The van der Waals surface area contributed by atoms with Crippen LogP contribution in [0.5, 0.6) is 5.75 Å². The lowest BCUT2D eigenvalue weighted by Crippen LogP contribution is -2.46. The summed E-state index contributed by atoms with van der Waals surface area (Å²) in [6.07, 6.45) is 3.25. The van der Waals surface area contributed by atoms with Crippen LogP contribution in [0.3, 0.4) is 0 Å². The van der Waals surface area contributed by atoms with Gasteiger partial charge in [-0.1, -0.05) is 6.92 Å². The van der Waals surface area contributed by atoms with Crippen molar-refractivity contribution in [2.45, 2.75) is 32.7 Å². The van der Waals surface area contributed by atoms with Crippen molar-refractivity contribution >= 4 is 27.2 Å². The van der Waals surface area contributed by atoms with Crippen LogP contribution in [0.2, 0.25) is 0 Å². The van der Waals surface area contributed by atoms with Gasteiger partial charge in [-0.25, -0.2) is 4.98 Å². The van der Waals surface area contributed by atoms with Crippen LogP contribution in [-0.2, 0) is 19.4 Å². The molecule has 1 aromatic carbocycles. The van der Waals surface area contributed by atoms with Crippen molar-refractivity contribution in [3.05, 3.63) is 50.9 Å². The van der Waals surface area contributed by atoms with Gasteiger partial charge in [0.1, 0.15) is 16.4 Å². The number of benzene rings is 1. The average molecular weight is 425 g/mol. The first-order chi connectivity index (χ1) is 14.6. The number of aromatic amines is 1. The summed E-state index contributed by atoms with van der Waals surface area (Å²) in [4.78, 5) is 27.8. The SMILES string of the molecule is COc1ccc(N2CCN(Cc3nc4sc5c(c4c(=O)[nH]3)CC[C@H](C)C5)CC2)cc1. The summed E-state index contributed by atoms with van der Waals surface area (Å²) < 4.78 is 5.25. The topological polar surface area (TPSA) is 61.5 Å². The van der Waals surface area contributed by atoms with Crippen LogP contribution in [0.1, 0.15) is 29.6 Å². The molecule has 3 heterocycles. The van der Waals surface area contributed by atoms with Crippen molar-refractivity contribution in [3.63, 3.8) is 0 Å². The van der Waals surface area contributed by atoms with Crippen molar-refractivity contribution in [2.75, 3.05) is 38.2 Å². The van der Waals surface area contributed by atoms with E-state index in [9.17, 15) is 4.79 Å². The monoisotopic (exact) mass is 424 g/mol. The van der Waals surface area contributed by atoms with E-state index in [-0.39, 0.29) is 5.56 Å². The number of aromatic nitrogens is 2. The predicted molar refractivity (Wildman–Crippen MR) is 122 cm³/mol. The zero-order valence-electron chi connectivity index (χ0n) is 17.6. The molecule has 30 heavy (non-hydrogen) atoms. The summed E-state index contributed by atoms with van der Waals surface area (Å²) >= 11 is 1.73. The van der Waals surface area contributed by atoms with Gasteiger partial charge in [-0.2, -0.15) is 0 Å². The number of piperazine rings is 1. The number of anilines is 1. The lowest BCUT2D eigenvalue weighted by atomic mass is 9.89. The van der Waals surface area contributed by atoms with Crippen LogP contribution in [-0.4, -0.2) is 48.2 Å².